The predicted molar refractivity (Wildman–Crippen MR) is 156 cm³/mol. The highest BCUT2D eigenvalue weighted by Crippen LogP contribution is 2.33. The summed E-state index contributed by atoms with van der Waals surface area (Å²) in [6.45, 7) is 7.35. The van der Waals surface area contributed by atoms with Gasteiger partial charge in [-0.3, -0.25) is 19.1 Å². The summed E-state index contributed by atoms with van der Waals surface area (Å²) in [6.07, 6.45) is 7.84. The molecule has 5 N–H and O–H groups in total. The molecule has 3 heterocycles. The third-order valence-corrected chi connectivity index (χ3v) is 6.79. The molecule has 0 spiro atoms. The number of nitrogens with zero attached hydrogens (tertiary/aromatic N) is 5. The van der Waals surface area contributed by atoms with Gasteiger partial charge in [0.25, 0.3) is 11.8 Å². The second kappa shape index (κ2) is 13.6. The molecule has 42 heavy (non-hydrogen) atoms. The number of aromatic nitrogens is 4. The zero-order valence-electron chi connectivity index (χ0n) is 23.8. The quantitative estimate of drug-likeness (QED) is 0.184. The number of hydrogen-bond donors (Lipinski definition) is 4. The SMILES string of the molecule is C=CC(=O)N1CCC[C@@H](n2cc(Nc3ncc(C(N)=O)c(Nc4c(C)cc(C(=O)NCCOC)cc4OC)n3)cn2)C1. The van der Waals surface area contributed by atoms with Crippen LogP contribution in [0.3, 0.4) is 0 Å². The van der Waals surface area contributed by atoms with Gasteiger partial charge in [0, 0.05) is 44.7 Å². The molecule has 2 aromatic heterocycles. The second-order valence-electron chi connectivity index (χ2n) is 9.68. The van der Waals surface area contributed by atoms with Gasteiger partial charge in [-0.15, -0.1) is 0 Å². The van der Waals surface area contributed by atoms with Crippen LogP contribution in [0.4, 0.5) is 23.1 Å². The Balaban J connectivity index is 1.55. The Morgan fingerprint density at radius 3 is 2.74 bits per heavy atom. The molecule has 0 unspecified atom stereocenters. The molecule has 1 aliphatic heterocycles. The van der Waals surface area contributed by atoms with E-state index in [2.05, 4.69) is 37.6 Å². The number of benzene rings is 1. The Morgan fingerprint density at radius 1 is 1.21 bits per heavy atom. The number of piperidine rings is 1. The lowest BCUT2D eigenvalue weighted by molar-refractivity contribution is -0.127. The molecule has 1 fully saturated rings. The first kappa shape index (κ1) is 30.0. The van der Waals surface area contributed by atoms with Gasteiger partial charge in [0.2, 0.25) is 11.9 Å². The summed E-state index contributed by atoms with van der Waals surface area (Å²) in [4.78, 5) is 47.3. The van der Waals surface area contributed by atoms with Crippen molar-refractivity contribution >= 4 is 40.9 Å². The highest BCUT2D eigenvalue weighted by molar-refractivity contribution is 5.99. The predicted octanol–water partition coefficient (Wildman–Crippen LogP) is 2.30. The largest absolute Gasteiger partial charge is 0.495 e. The van der Waals surface area contributed by atoms with E-state index in [1.165, 1.54) is 19.4 Å². The van der Waals surface area contributed by atoms with Crippen LogP contribution >= 0.6 is 0 Å². The van der Waals surface area contributed by atoms with Crippen molar-refractivity contribution in [2.75, 3.05) is 51.1 Å². The summed E-state index contributed by atoms with van der Waals surface area (Å²) in [5, 5.41) is 13.5. The molecule has 1 aromatic carbocycles. The van der Waals surface area contributed by atoms with Crippen LogP contribution in [0.25, 0.3) is 0 Å². The lowest BCUT2D eigenvalue weighted by Crippen LogP contribution is -2.39. The standard InChI is InChI=1S/C28H35N9O5/c1-5-23(38)36-9-6-7-20(16-36)37-15-19(13-32-37)33-28-31-14-21(25(29)39)26(35-28)34-24-17(2)11-18(12-22(24)42-4)27(40)30-8-10-41-3/h5,11-15,20H,1,6-10,16H2,2-4H3,(H2,29,39)(H,30,40)(H2,31,33,34,35)/t20-/m1/s1. The topological polar surface area (TPSA) is 179 Å². The molecule has 0 saturated carbocycles. The number of primary amides is 1. The summed E-state index contributed by atoms with van der Waals surface area (Å²) >= 11 is 0. The molecule has 1 saturated heterocycles. The van der Waals surface area contributed by atoms with Gasteiger partial charge >= 0.3 is 0 Å². The summed E-state index contributed by atoms with van der Waals surface area (Å²) in [5.41, 5.74) is 7.87. The minimum atomic E-state index is -0.724. The van der Waals surface area contributed by atoms with E-state index in [1.54, 1.807) is 37.3 Å². The number of rotatable bonds is 12. The first-order valence-corrected chi connectivity index (χ1v) is 13.4. The summed E-state index contributed by atoms with van der Waals surface area (Å²) < 4.78 is 12.3. The number of carbonyl (C=O) groups is 3. The van der Waals surface area contributed by atoms with Gasteiger partial charge < -0.3 is 36.1 Å². The third kappa shape index (κ3) is 7.01. The molecule has 3 amide bonds. The molecule has 0 aliphatic carbocycles. The lowest BCUT2D eigenvalue weighted by Gasteiger charge is -2.32. The number of likely N-dealkylation sites (tertiary alicyclic amines) is 1. The first-order chi connectivity index (χ1) is 20.2. The Bertz CT molecular complexity index is 1470. The molecule has 4 rings (SSSR count). The van der Waals surface area contributed by atoms with Crippen LogP contribution in [0.5, 0.6) is 5.75 Å². The second-order valence-corrected chi connectivity index (χ2v) is 9.68. The normalized spacial score (nSPS) is 14.6. The van der Waals surface area contributed by atoms with E-state index in [-0.39, 0.29) is 35.2 Å². The van der Waals surface area contributed by atoms with Gasteiger partial charge in [0.1, 0.15) is 17.1 Å². The molecule has 14 heteroatoms. The number of amides is 3. The maximum Gasteiger partial charge on any atom is 0.254 e. The first-order valence-electron chi connectivity index (χ1n) is 13.4. The zero-order chi connectivity index (χ0) is 30.2. The summed E-state index contributed by atoms with van der Waals surface area (Å²) in [6, 6.07) is 3.31. The van der Waals surface area contributed by atoms with Crippen LogP contribution in [-0.2, 0) is 9.53 Å². The lowest BCUT2D eigenvalue weighted by atomic mass is 10.1. The summed E-state index contributed by atoms with van der Waals surface area (Å²) in [7, 11) is 3.03. The average molecular weight is 578 g/mol. The van der Waals surface area contributed by atoms with Crippen molar-refractivity contribution in [1.82, 2.24) is 30.0 Å². The fraction of sp³-hybridized carbons (Fsp3) is 0.357. The van der Waals surface area contributed by atoms with Crippen molar-refractivity contribution in [3.05, 3.63) is 60.1 Å². The van der Waals surface area contributed by atoms with Crippen LogP contribution in [0, 0.1) is 6.92 Å². The molecule has 222 valence electrons. The van der Waals surface area contributed by atoms with Crippen LogP contribution in [0.15, 0.2) is 43.4 Å². The van der Waals surface area contributed by atoms with Crippen molar-refractivity contribution < 1.29 is 23.9 Å². The number of methoxy groups -OCH3 is 2. The minimum Gasteiger partial charge on any atom is -0.495 e. The van der Waals surface area contributed by atoms with Crippen molar-refractivity contribution in [3.63, 3.8) is 0 Å². The van der Waals surface area contributed by atoms with Crippen LogP contribution in [0.2, 0.25) is 0 Å². The molecular weight excluding hydrogens is 542 g/mol. The zero-order valence-corrected chi connectivity index (χ0v) is 23.8. The van der Waals surface area contributed by atoms with Crippen LogP contribution in [0.1, 0.15) is 45.2 Å². The van der Waals surface area contributed by atoms with Gasteiger partial charge in [-0.05, 0) is 43.5 Å². The number of carbonyl (C=O) groups excluding carboxylic acids is 3. The molecule has 3 aromatic rings. The van der Waals surface area contributed by atoms with Crippen LogP contribution in [-0.4, -0.2) is 82.8 Å². The van der Waals surface area contributed by atoms with E-state index in [0.717, 1.165) is 12.8 Å². The molecule has 0 bridgehead atoms. The van der Waals surface area contributed by atoms with Crippen molar-refractivity contribution in [2.45, 2.75) is 25.8 Å². The highest BCUT2D eigenvalue weighted by atomic mass is 16.5. The minimum absolute atomic E-state index is 0.0223. The van der Waals surface area contributed by atoms with Gasteiger partial charge in [-0.1, -0.05) is 6.58 Å². The van der Waals surface area contributed by atoms with Crippen molar-refractivity contribution in [3.8, 4) is 5.75 Å². The molecule has 1 atom stereocenters. The number of anilines is 4. The van der Waals surface area contributed by atoms with E-state index in [0.29, 0.717) is 54.5 Å². The van der Waals surface area contributed by atoms with E-state index < -0.39 is 5.91 Å². The van der Waals surface area contributed by atoms with Crippen molar-refractivity contribution in [2.24, 2.45) is 5.73 Å². The molecule has 1 aliphatic rings. The number of nitrogens with two attached hydrogens (primary N) is 1. The fourth-order valence-electron chi connectivity index (χ4n) is 4.64. The van der Waals surface area contributed by atoms with Gasteiger partial charge in [0.15, 0.2) is 0 Å². The van der Waals surface area contributed by atoms with E-state index >= 15 is 0 Å². The van der Waals surface area contributed by atoms with E-state index in [1.807, 2.05) is 10.9 Å². The third-order valence-electron chi connectivity index (χ3n) is 6.79. The van der Waals surface area contributed by atoms with Gasteiger partial charge in [-0.2, -0.15) is 10.1 Å². The van der Waals surface area contributed by atoms with Crippen molar-refractivity contribution in [1.29, 1.82) is 0 Å². The van der Waals surface area contributed by atoms with E-state index in [4.69, 9.17) is 15.2 Å². The smallest absolute Gasteiger partial charge is 0.254 e. The number of nitrogens with one attached hydrogen (secondary N) is 3. The molecule has 14 nitrogen and oxygen atoms in total. The van der Waals surface area contributed by atoms with Gasteiger partial charge in [-0.25, -0.2) is 4.98 Å². The Morgan fingerprint density at radius 2 is 2.02 bits per heavy atom. The maximum absolute atomic E-state index is 12.6. The Labute approximate surface area is 243 Å². The molecule has 0 radical (unpaired) electrons. The Hall–Kier alpha value is -4.98. The number of hydrogen-bond acceptors (Lipinski definition) is 10. The number of ether oxygens (including phenoxy) is 2. The highest BCUT2D eigenvalue weighted by Gasteiger charge is 2.24. The Kier molecular flexibility index (Phi) is 9.70. The van der Waals surface area contributed by atoms with Crippen LogP contribution < -0.4 is 26.4 Å². The average Bonchev–Trinajstić information content (AvgIpc) is 3.46. The number of aryl methyl sites for hydroxylation is 1. The summed E-state index contributed by atoms with van der Waals surface area (Å²) in [5.74, 6) is -0.385. The monoisotopic (exact) mass is 577 g/mol. The van der Waals surface area contributed by atoms with Gasteiger partial charge in [0.05, 0.1) is 37.3 Å². The molecular formula is C28H35N9O5. The maximum atomic E-state index is 12.6. The van der Waals surface area contributed by atoms with E-state index in [9.17, 15) is 14.4 Å². The fourth-order valence-corrected chi connectivity index (χ4v) is 4.64.